The van der Waals surface area contributed by atoms with Gasteiger partial charge in [-0.3, -0.25) is 0 Å². The van der Waals surface area contributed by atoms with Crippen molar-refractivity contribution in [3.05, 3.63) is 84.7 Å². The summed E-state index contributed by atoms with van der Waals surface area (Å²) in [6, 6.07) is 23.3. The Morgan fingerprint density at radius 3 is 2.28 bits per heavy atom. The van der Waals surface area contributed by atoms with Crippen molar-refractivity contribution in [1.82, 2.24) is 20.2 Å². The van der Waals surface area contributed by atoms with Gasteiger partial charge in [0.15, 0.2) is 17.3 Å². The molecule has 36 heavy (non-hydrogen) atoms. The summed E-state index contributed by atoms with van der Waals surface area (Å²) in [6.07, 6.45) is 2.29. The number of anilines is 2. The highest BCUT2D eigenvalue weighted by atomic mass is 16.5. The van der Waals surface area contributed by atoms with E-state index in [9.17, 15) is 0 Å². The second-order valence-corrected chi connectivity index (χ2v) is 7.98. The summed E-state index contributed by atoms with van der Waals surface area (Å²) in [6.45, 7) is 2.10. The fraction of sp³-hybridized carbons (Fsp3) is 0.143. The Bertz CT molecular complexity index is 1490. The summed E-state index contributed by atoms with van der Waals surface area (Å²) in [7, 11) is 3.17. The lowest BCUT2D eigenvalue weighted by Crippen LogP contribution is -2.02. The fourth-order valence-electron chi connectivity index (χ4n) is 3.85. The van der Waals surface area contributed by atoms with E-state index in [0.717, 1.165) is 40.1 Å². The molecule has 0 bridgehead atoms. The lowest BCUT2D eigenvalue weighted by atomic mass is 10.1. The maximum absolute atomic E-state index is 6.08. The summed E-state index contributed by atoms with van der Waals surface area (Å²) in [4.78, 5) is 8.64. The third-order valence-corrected chi connectivity index (χ3v) is 5.76. The lowest BCUT2D eigenvalue weighted by molar-refractivity contribution is 0.355. The zero-order valence-electron chi connectivity index (χ0n) is 20.2. The highest BCUT2D eigenvalue weighted by Gasteiger charge is 2.13. The van der Waals surface area contributed by atoms with E-state index in [1.165, 1.54) is 6.33 Å². The molecule has 0 unspecified atom stereocenters. The molecule has 0 saturated carbocycles. The van der Waals surface area contributed by atoms with E-state index in [2.05, 4.69) is 38.5 Å². The van der Waals surface area contributed by atoms with Crippen LogP contribution in [-0.2, 0) is 6.42 Å². The topological polar surface area (TPSA) is 91.3 Å². The average Bonchev–Trinajstić information content (AvgIpc) is 2.94. The van der Waals surface area contributed by atoms with Crippen LogP contribution in [-0.4, -0.2) is 34.4 Å². The van der Waals surface area contributed by atoms with E-state index in [4.69, 9.17) is 14.2 Å². The number of hydrogen-bond acceptors (Lipinski definition) is 8. The Hall–Kier alpha value is -4.72. The Labute approximate surface area is 208 Å². The predicted molar refractivity (Wildman–Crippen MR) is 139 cm³/mol. The van der Waals surface area contributed by atoms with Gasteiger partial charge in [-0.1, -0.05) is 37.3 Å². The molecule has 8 nitrogen and oxygen atoms in total. The summed E-state index contributed by atoms with van der Waals surface area (Å²) < 4.78 is 16.9. The second-order valence-electron chi connectivity index (χ2n) is 7.98. The minimum atomic E-state index is 0.428. The molecule has 0 aliphatic rings. The molecule has 0 saturated heterocycles. The normalized spacial score (nSPS) is 10.8. The van der Waals surface area contributed by atoms with E-state index in [1.54, 1.807) is 20.3 Å². The van der Waals surface area contributed by atoms with Crippen molar-refractivity contribution in [2.45, 2.75) is 13.3 Å². The van der Waals surface area contributed by atoms with Crippen LogP contribution in [0.5, 0.6) is 23.1 Å². The minimum absolute atomic E-state index is 0.428. The third-order valence-electron chi connectivity index (χ3n) is 5.76. The number of aromatic nitrogens is 4. The number of fused-ring (bicyclic) bond motifs is 1. The van der Waals surface area contributed by atoms with Crippen LogP contribution >= 0.6 is 0 Å². The van der Waals surface area contributed by atoms with Crippen LogP contribution in [0.4, 0.5) is 11.5 Å². The van der Waals surface area contributed by atoms with Crippen molar-refractivity contribution in [2.24, 2.45) is 0 Å². The summed E-state index contributed by atoms with van der Waals surface area (Å²) in [5.41, 5.74) is 4.55. The van der Waals surface area contributed by atoms with Crippen molar-refractivity contribution in [1.29, 1.82) is 0 Å². The first-order valence-electron chi connectivity index (χ1n) is 11.5. The maximum Gasteiger partial charge on any atom is 0.230 e. The van der Waals surface area contributed by atoms with Gasteiger partial charge in [-0.15, -0.1) is 10.2 Å². The van der Waals surface area contributed by atoms with Gasteiger partial charge in [0.25, 0.3) is 0 Å². The fourth-order valence-corrected chi connectivity index (χ4v) is 3.85. The lowest BCUT2D eigenvalue weighted by Gasteiger charge is -2.13. The van der Waals surface area contributed by atoms with Crippen molar-refractivity contribution in [3.63, 3.8) is 0 Å². The average molecular weight is 480 g/mol. The second kappa shape index (κ2) is 10.3. The van der Waals surface area contributed by atoms with Crippen LogP contribution in [0.1, 0.15) is 12.5 Å². The molecule has 180 valence electrons. The van der Waals surface area contributed by atoms with Crippen LogP contribution in [0.2, 0.25) is 0 Å². The van der Waals surface area contributed by atoms with Gasteiger partial charge in [0.1, 0.15) is 12.1 Å². The number of nitrogens with zero attached hydrogens (tertiary/aromatic N) is 4. The molecule has 0 fully saturated rings. The molecule has 0 radical (unpaired) electrons. The maximum atomic E-state index is 6.08. The van der Waals surface area contributed by atoms with Gasteiger partial charge in [0.05, 0.1) is 30.8 Å². The van der Waals surface area contributed by atoms with E-state index in [-0.39, 0.29) is 0 Å². The van der Waals surface area contributed by atoms with Crippen molar-refractivity contribution in [2.75, 3.05) is 19.5 Å². The van der Waals surface area contributed by atoms with E-state index in [0.29, 0.717) is 28.6 Å². The van der Waals surface area contributed by atoms with Gasteiger partial charge in [0, 0.05) is 17.3 Å². The zero-order valence-corrected chi connectivity index (χ0v) is 20.2. The predicted octanol–water partition coefficient (Wildman–Crippen LogP) is 6.20. The molecular formula is C28H25N5O3. The van der Waals surface area contributed by atoms with Crippen LogP contribution in [0.15, 0.2) is 79.1 Å². The SMILES string of the molecule is CCc1cc(-c2ccccc2)nnc1Nc1ccc(Oc2ncnc3cc(OC)c(OC)cc23)cc1. The molecule has 0 amide bonds. The molecular weight excluding hydrogens is 454 g/mol. The smallest absolute Gasteiger partial charge is 0.230 e. The molecule has 8 heteroatoms. The molecule has 2 heterocycles. The Kier molecular flexibility index (Phi) is 6.57. The number of aryl methyl sites for hydroxylation is 1. The molecule has 5 aromatic rings. The summed E-state index contributed by atoms with van der Waals surface area (Å²) in [5.74, 6) is 2.97. The van der Waals surface area contributed by atoms with Crippen LogP contribution in [0.3, 0.4) is 0 Å². The first-order chi connectivity index (χ1) is 17.7. The van der Waals surface area contributed by atoms with Gasteiger partial charge in [-0.05, 0) is 48.4 Å². The highest BCUT2D eigenvalue weighted by Crippen LogP contribution is 2.36. The number of methoxy groups -OCH3 is 2. The first-order valence-corrected chi connectivity index (χ1v) is 11.5. The first kappa shape index (κ1) is 23.0. The molecule has 2 aromatic heterocycles. The van der Waals surface area contributed by atoms with Crippen LogP contribution < -0.4 is 19.5 Å². The molecule has 3 aromatic carbocycles. The molecule has 0 spiro atoms. The summed E-state index contributed by atoms with van der Waals surface area (Å²) in [5, 5.41) is 12.9. The number of ether oxygens (including phenoxy) is 3. The Morgan fingerprint density at radius 2 is 1.56 bits per heavy atom. The standard InChI is InChI=1S/C28H25N5O3/c1-4-18-14-23(19-8-6-5-7-9-19)32-33-27(18)31-20-10-12-21(13-11-20)36-28-22-15-25(34-2)26(35-3)16-24(22)29-17-30-28/h5-17H,4H2,1-3H3,(H,31,33). The van der Waals surface area contributed by atoms with Crippen LogP contribution in [0, 0.1) is 0 Å². The van der Waals surface area contributed by atoms with Gasteiger partial charge in [0.2, 0.25) is 5.88 Å². The molecule has 1 N–H and O–H groups in total. The molecule has 0 aliphatic carbocycles. The summed E-state index contributed by atoms with van der Waals surface area (Å²) >= 11 is 0. The quantitative estimate of drug-likeness (QED) is 0.281. The Morgan fingerprint density at radius 1 is 0.806 bits per heavy atom. The number of hydrogen-bond donors (Lipinski definition) is 1. The van der Waals surface area contributed by atoms with Gasteiger partial charge >= 0.3 is 0 Å². The number of benzene rings is 3. The van der Waals surface area contributed by atoms with E-state index in [1.807, 2.05) is 60.7 Å². The molecule has 0 aliphatic heterocycles. The van der Waals surface area contributed by atoms with E-state index < -0.39 is 0 Å². The zero-order chi connectivity index (χ0) is 24.9. The highest BCUT2D eigenvalue weighted by molar-refractivity contribution is 5.87. The monoisotopic (exact) mass is 479 g/mol. The number of nitrogens with one attached hydrogen (secondary N) is 1. The number of rotatable bonds is 8. The molecule has 5 rings (SSSR count). The van der Waals surface area contributed by atoms with Gasteiger partial charge in [-0.2, -0.15) is 0 Å². The van der Waals surface area contributed by atoms with E-state index >= 15 is 0 Å². The van der Waals surface area contributed by atoms with Crippen LogP contribution in [0.25, 0.3) is 22.2 Å². The Balaban J connectivity index is 1.36. The van der Waals surface area contributed by atoms with Crippen molar-refractivity contribution < 1.29 is 14.2 Å². The minimum Gasteiger partial charge on any atom is -0.493 e. The largest absolute Gasteiger partial charge is 0.493 e. The van der Waals surface area contributed by atoms with Crippen molar-refractivity contribution in [3.8, 4) is 34.4 Å². The third kappa shape index (κ3) is 4.74. The van der Waals surface area contributed by atoms with Gasteiger partial charge in [-0.25, -0.2) is 9.97 Å². The van der Waals surface area contributed by atoms with Crippen molar-refractivity contribution >= 4 is 22.4 Å². The molecule has 0 atom stereocenters. The van der Waals surface area contributed by atoms with Gasteiger partial charge < -0.3 is 19.5 Å².